The summed E-state index contributed by atoms with van der Waals surface area (Å²) in [5.74, 6) is -2.00. The highest BCUT2D eigenvalue weighted by Gasteiger charge is 2.36. The second-order valence-corrected chi connectivity index (χ2v) is 7.08. The van der Waals surface area contributed by atoms with Crippen molar-refractivity contribution in [1.82, 2.24) is 4.90 Å². The van der Waals surface area contributed by atoms with Gasteiger partial charge in [-0.1, -0.05) is 42.5 Å². The van der Waals surface area contributed by atoms with Crippen LogP contribution in [0.2, 0.25) is 0 Å². The number of rotatable bonds is 6. The molecule has 3 aromatic rings. The van der Waals surface area contributed by atoms with E-state index in [1.807, 2.05) is 30.3 Å². The molecule has 0 aromatic heterocycles. The van der Waals surface area contributed by atoms with E-state index in [9.17, 15) is 19.2 Å². The van der Waals surface area contributed by atoms with Crippen molar-refractivity contribution < 1.29 is 23.9 Å². The minimum atomic E-state index is -0.622. The molecule has 0 spiro atoms. The molecule has 7 heteroatoms. The van der Waals surface area contributed by atoms with Crippen LogP contribution < -0.4 is 5.73 Å². The lowest BCUT2D eigenvalue weighted by Gasteiger charge is -2.13. The number of ether oxygens (including phenoxy) is 1. The van der Waals surface area contributed by atoms with Gasteiger partial charge in [-0.25, -0.2) is 4.79 Å². The van der Waals surface area contributed by atoms with Crippen LogP contribution in [0.15, 0.2) is 72.8 Å². The third-order valence-electron chi connectivity index (χ3n) is 5.00. The van der Waals surface area contributed by atoms with Gasteiger partial charge in [-0.05, 0) is 41.5 Å². The fraction of sp³-hybridized carbons (Fsp3) is 0.0833. The monoisotopic (exact) mass is 414 g/mol. The Kier molecular flexibility index (Phi) is 5.32. The Bertz CT molecular complexity index is 1190. The number of esters is 1. The van der Waals surface area contributed by atoms with Gasteiger partial charge in [0.1, 0.15) is 6.61 Å². The van der Waals surface area contributed by atoms with Crippen molar-refractivity contribution in [3.8, 4) is 0 Å². The first-order valence-corrected chi connectivity index (χ1v) is 9.54. The molecule has 3 aromatic carbocycles. The molecule has 0 fully saturated rings. The maximum Gasteiger partial charge on any atom is 0.338 e. The van der Waals surface area contributed by atoms with E-state index >= 15 is 0 Å². The average Bonchev–Trinajstić information content (AvgIpc) is 3.02. The number of carbonyl (C=O) groups is 4. The zero-order chi connectivity index (χ0) is 22.0. The van der Waals surface area contributed by atoms with Gasteiger partial charge in [0.2, 0.25) is 5.91 Å². The molecule has 2 N–H and O–H groups in total. The van der Waals surface area contributed by atoms with Gasteiger partial charge in [0, 0.05) is 5.56 Å². The maximum absolute atomic E-state index is 12.8. The van der Waals surface area contributed by atoms with Crippen LogP contribution in [-0.2, 0) is 17.9 Å². The van der Waals surface area contributed by atoms with Gasteiger partial charge >= 0.3 is 5.97 Å². The van der Waals surface area contributed by atoms with Crippen molar-refractivity contribution in [3.05, 3.63) is 106 Å². The first-order chi connectivity index (χ1) is 14.9. The van der Waals surface area contributed by atoms with Crippen LogP contribution in [0.5, 0.6) is 0 Å². The summed E-state index contributed by atoms with van der Waals surface area (Å²) in [7, 11) is 0. The van der Waals surface area contributed by atoms with Crippen LogP contribution in [-0.4, -0.2) is 28.6 Å². The Balaban J connectivity index is 1.46. The SMILES string of the molecule is NC(=O)c1ccc(COC(=O)c2ccc3c(c2)C(=O)N(Cc2ccccc2)C3=O)cc1. The van der Waals surface area contributed by atoms with Crippen molar-refractivity contribution >= 4 is 23.7 Å². The molecular weight excluding hydrogens is 396 g/mol. The predicted octanol–water partition coefficient (Wildman–Crippen LogP) is 2.94. The summed E-state index contributed by atoms with van der Waals surface area (Å²) >= 11 is 0. The molecule has 1 heterocycles. The lowest BCUT2D eigenvalue weighted by molar-refractivity contribution is 0.0472. The number of nitrogens with two attached hydrogens (primary N) is 1. The number of imide groups is 1. The van der Waals surface area contributed by atoms with Gasteiger partial charge in [-0.2, -0.15) is 0 Å². The van der Waals surface area contributed by atoms with Crippen LogP contribution in [0.4, 0.5) is 0 Å². The Hall–Kier alpha value is -4.26. The zero-order valence-electron chi connectivity index (χ0n) is 16.4. The van der Waals surface area contributed by atoms with E-state index in [1.165, 1.54) is 18.2 Å². The summed E-state index contributed by atoms with van der Waals surface area (Å²) in [5.41, 5.74) is 7.69. The molecule has 0 bridgehead atoms. The van der Waals surface area contributed by atoms with Gasteiger partial charge in [0.05, 0.1) is 23.2 Å². The van der Waals surface area contributed by atoms with E-state index < -0.39 is 23.7 Å². The Morgan fingerprint density at radius 2 is 1.42 bits per heavy atom. The standard InChI is InChI=1S/C24H18N2O5/c25-21(27)17-8-6-16(7-9-17)14-31-24(30)18-10-11-19-20(12-18)23(29)26(22(19)28)13-15-4-2-1-3-5-15/h1-12H,13-14H2,(H2,25,27). The summed E-state index contributed by atoms with van der Waals surface area (Å²) in [6, 6.07) is 19.9. The van der Waals surface area contributed by atoms with E-state index in [0.717, 1.165) is 10.5 Å². The largest absolute Gasteiger partial charge is 0.457 e. The summed E-state index contributed by atoms with van der Waals surface area (Å²) in [4.78, 5) is 50.1. The third kappa shape index (κ3) is 4.06. The van der Waals surface area contributed by atoms with Gasteiger partial charge < -0.3 is 10.5 Å². The van der Waals surface area contributed by atoms with Crippen LogP contribution in [0, 0.1) is 0 Å². The average molecular weight is 414 g/mol. The van der Waals surface area contributed by atoms with E-state index in [4.69, 9.17) is 10.5 Å². The van der Waals surface area contributed by atoms with E-state index in [-0.39, 0.29) is 29.8 Å². The van der Waals surface area contributed by atoms with Crippen LogP contribution in [0.25, 0.3) is 0 Å². The molecule has 0 atom stereocenters. The van der Waals surface area contributed by atoms with Crippen molar-refractivity contribution in [2.24, 2.45) is 5.73 Å². The number of carbonyl (C=O) groups excluding carboxylic acids is 4. The lowest BCUT2D eigenvalue weighted by atomic mass is 10.1. The van der Waals surface area contributed by atoms with E-state index in [1.54, 1.807) is 24.3 Å². The third-order valence-corrected chi connectivity index (χ3v) is 5.00. The maximum atomic E-state index is 12.8. The second-order valence-electron chi connectivity index (χ2n) is 7.08. The number of benzene rings is 3. The predicted molar refractivity (Wildman–Crippen MR) is 111 cm³/mol. The summed E-state index contributed by atoms with van der Waals surface area (Å²) < 4.78 is 5.29. The molecular formula is C24H18N2O5. The van der Waals surface area contributed by atoms with Crippen LogP contribution >= 0.6 is 0 Å². The minimum absolute atomic E-state index is 0.0119. The number of amides is 3. The molecule has 0 aliphatic carbocycles. The molecule has 1 aliphatic rings. The normalized spacial score (nSPS) is 12.6. The molecule has 31 heavy (non-hydrogen) atoms. The van der Waals surface area contributed by atoms with E-state index in [0.29, 0.717) is 11.1 Å². The van der Waals surface area contributed by atoms with Crippen molar-refractivity contribution in [2.75, 3.05) is 0 Å². The lowest BCUT2D eigenvalue weighted by Crippen LogP contribution is -2.29. The Morgan fingerprint density at radius 1 is 0.774 bits per heavy atom. The minimum Gasteiger partial charge on any atom is -0.457 e. The Labute approximate surface area is 178 Å². The number of nitrogens with zero attached hydrogens (tertiary/aromatic N) is 1. The van der Waals surface area contributed by atoms with Gasteiger partial charge in [-0.15, -0.1) is 0 Å². The molecule has 154 valence electrons. The van der Waals surface area contributed by atoms with Gasteiger partial charge in [0.25, 0.3) is 11.8 Å². The Morgan fingerprint density at radius 3 is 2.10 bits per heavy atom. The molecule has 3 amide bonds. The molecule has 7 nitrogen and oxygen atoms in total. The van der Waals surface area contributed by atoms with Gasteiger partial charge in [-0.3, -0.25) is 19.3 Å². The molecule has 0 saturated heterocycles. The number of fused-ring (bicyclic) bond motifs is 1. The molecule has 0 radical (unpaired) electrons. The highest BCUT2D eigenvalue weighted by Crippen LogP contribution is 2.26. The van der Waals surface area contributed by atoms with Crippen molar-refractivity contribution in [1.29, 1.82) is 0 Å². The smallest absolute Gasteiger partial charge is 0.338 e. The number of hydrogen-bond acceptors (Lipinski definition) is 5. The summed E-state index contributed by atoms with van der Waals surface area (Å²) in [6.45, 7) is 0.149. The van der Waals surface area contributed by atoms with Gasteiger partial charge in [0.15, 0.2) is 0 Å². The van der Waals surface area contributed by atoms with Crippen molar-refractivity contribution in [3.63, 3.8) is 0 Å². The number of hydrogen-bond donors (Lipinski definition) is 1. The van der Waals surface area contributed by atoms with E-state index in [2.05, 4.69) is 0 Å². The van der Waals surface area contributed by atoms with Crippen molar-refractivity contribution in [2.45, 2.75) is 13.2 Å². The second kappa shape index (κ2) is 8.23. The zero-order valence-corrected chi connectivity index (χ0v) is 16.4. The molecule has 4 rings (SSSR count). The first kappa shape index (κ1) is 20.0. The molecule has 0 unspecified atom stereocenters. The first-order valence-electron chi connectivity index (χ1n) is 9.54. The topological polar surface area (TPSA) is 107 Å². The fourth-order valence-corrected chi connectivity index (χ4v) is 3.32. The fourth-order valence-electron chi connectivity index (χ4n) is 3.32. The summed E-state index contributed by atoms with van der Waals surface area (Å²) in [5, 5.41) is 0. The molecule has 0 saturated carbocycles. The highest BCUT2D eigenvalue weighted by molar-refractivity contribution is 6.21. The molecule has 1 aliphatic heterocycles. The number of primary amides is 1. The summed E-state index contributed by atoms with van der Waals surface area (Å²) in [6.07, 6.45) is 0. The van der Waals surface area contributed by atoms with Crippen LogP contribution in [0.3, 0.4) is 0 Å². The highest BCUT2D eigenvalue weighted by atomic mass is 16.5. The van der Waals surface area contributed by atoms with Crippen LogP contribution in [0.1, 0.15) is 52.6 Å². The quantitative estimate of drug-likeness (QED) is 0.493.